The van der Waals surface area contributed by atoms with Crippen LogP contribution < -0.4 is 5.32 Å². The molecule has 0 aliphatic rings. The van der Waals surface area contributed by atoms with E-state index in [1.165, 1.54) is 20.2 Å². The fourth-order valence-electron chi connectivity index (χ4n) is 0.938. The summed E-state index contributed by atoms with van der Waals surface area (Å²) in [5, 5.41) is 2.54. The van der Waals surface area contributed by atoms with E-state index in [0.29, 0.717) is 0 Å². The van der Waals surface area contributed by atoms with Crippen LogP contribution in [0.5, 0.6) is 0 Å². The fourth-order valence-corrected chi connectivity index (χ4v) is 1.35. The number of aromatic nitrogens is 2. The van der Waals surface area contributed by atoms with Gasteiger partial charge in [-0.1, -0.05) is 0 Å². The van der Waals surface area contributed by atoms with Crippen LogP contribution in [0.2, 0.25) is 0 Å². The minimum Gasteiger partial charge on any atom is -0.349 e. The van der Waals surface area contributed by atoms with Crippen molar-refractivity contribution in [1.29, 1.82) is 0 Å². The van der Waals surface area contributed by atoms with Gasteiger partial charge in [0.25, 0.3) is 0 Å². The highest BCUT2D eigenvalue weighted by Gasteiger charge is 2.38. The number of H-pyrrole nitrogens is 1. The molecule has 0 fully saturated rings. The number of hydrogen-bond acceptors (Lipinski definition) is 4. The number of nitrogens with zero attached hydrogens (tertiary/aromatic N) is 1. The largest absolute Gasteiger partial charge is 0.349 e. The molecule has 6 nitrogen and oxygen atoms in total. The zero-order chi connectivity index (χ0) is 12.4. The summed E-state index contributed by atoms with van der Waals surface area (Å²) in [5.74, 6) is -0.524. The fraction of sp³-hybridized carbons (Fsp3) is 0.556. The van der Waals surface area contributed by atoms with Gasteiger partial charge in [0, 0.05) is 12.5 Å². The lowest BCUT2D eigenvalue weighted by atomic mass is 10.2. The van der Waals surface area contributed by atoms with Crippen molar-refractivity contribution in [3.05, 3.63) is 18.2 Å². The number of rotatable bonds is 4. The number of aromatic amines is 1. The second kappa shape index (κ2) is 4.25. The van der Waals surface area contributed by atoms with Crippen LogP contribution in [0.3, 0.4) is 0 Å². The molecule has 0 radical (unpaired) electrons. The highest BCUT2D eigenvalue weighted by molar-refractivity contribution is 7.92. The zero-order valence-electron chi connectivity index (χ0n) is 9.44. The Bertz CT molecular complexity index is 462. The molecule has 0 saturated heterocycles. The third-order valence-electron chi connectivity index (χ3n) is 2.47. The Morgan fingerprint density at radius 2 is 2.19 bits per heavy atom. The highest BCUT2D eigenvalue weighted by Crippen LogP contribution is 2.15. The molecule has 0 spiro atoms. The van der Waals surface area contributed by atoms with Crippen LogP contribution >= 0.6 is 0 Å². The van der Waals surface area contributed by atoms with Crippen molar-refractivity contribution in [2.75, 3.05) is 6.26 Å². The maximum absolute atomic E-state index is 11.7. The lowest BCUT2D eigenvalue weighted by Gasteiger charge is -2.21. The van der Waals surface area contributed by atoms with Crippen LogP contribution in [-0.2, 0) is 21.2 Å². The van der Waals surface area contributed by atoms with E-state index in [2.05, 4.69) is 15.3 Å². The molecular weight excluding hydrogens is 230 g/mol. The SMILES string of the molecule is CC(C)(C(=O)NCc1cnc[nH]1)S(C)(=O)=O. The molecule has 0 saturated carbocycles. The molecule has 90 valence electrons. The van der Waals surface area contributed by atoms with E-state index in [1.807, 2.05) is 0 Å². The summed E-state index contributed by atoms with van der Waals surface area (Å²) in [4.78, 5) is 18.3. The maximum atomic E-state index is 11.7. The highest BCUT2D eigenvalue weighted by atomic mass is 32.2. The van der Waals surface area contributed by atoms with E-state index in [4.69, 9.17) is 0 Å². The molecule has 0 aliphatic heterocycles. The van der Waals surface area contributed by atoms with Gasteiger partial charge in [0.15, 0.2) is 9.84 Å². The Kier molecular flexibility index (Phi) is 3.37. The van der Waals surface area contributed by atoms with Gasteiger partial charge in [-0.15, -0.1) is 0 Å². The molecule has 1 aromatic heterocycles. The third-order valence-corrected chi connectivity index (χ3v) is 4.51. The summed E-state index contributed by atoms with van der Waals surface area (Å²) in [6.45, 7) is 2.99. The standard InChI is InChI=1S/C9H15N3O3S/c1-9(2,16(3,14)15)8(13)11-5-7-4-10-6-12-7/h4,6H,5H2,1-3H3,(H,10,12)(H,11,13). The Balaban J connectivity index is 2.66. The minimum atomic E-state index is -3.43. The first-order chi connectivity index (χ1) is 7.25. The number of nitrogens with one attached hydrogen (secondary N) is 2. The molecule has 2 N–H and O–H groups in total. The van der Waals surface area contributed by atoms with Crippen molar-refractivity contribution < 1.29 is 13.2 Å². The van der Waals surface area contributed by atoms with Gasteiger partial charge in [0.05, 0.1) is 18.6 Å². The topological polar surface area (TPSA) is 91.9 Å². The number of carbonyl (C=O) groups is 1. The summed E-state index contributed by atoms with van der Waals surface area (Å²) in [6.07, 6.45) is 4.10. The summed E-state index contributed by atoms with van der Waals surface area (Å²) in [7, 11) is -3.43. The molecule has 1 rings (SSSR count). The first-order valence-corrected chi connectivity index (χ1v) is 6.59. The van der Waals surface area contributed by atoms with Crippen LogP contribution in [0.4, 0.5) is 0 Å². The van der Waals surface area contributed by atoms with Crippen LogP contribution in [-0.4, -0.2) is 35.3 Å². The molecular formula is C9H15N3O3S. The smallest absolute Gasteiger partial charge is 0.241 e. The van der Waals surface area contributed by atoms with E-state index in [0.717, 1.165) is 11.9 Å². The Hall–Kier alpha value is -1.37. The van der Waals surface area contributed by atoms with Crippen LogP contribution in [0.15, 0.2) is 12.5 Å². The monoisotopic (exact) mass is 245 g/mol. The molecule has 16 heavy (non-hydrogen) atoms. The maximum Gasteiger partial charge on any atom is 0.241 e. The lowest BCUT2D eigenvalue weighted by molar-refractivity contribution is -0.123. The van der Waals surface area contributed by atoms with Crippen LogP contribution in [0.25, 0.3) is 0 Å². The molecule has 0 atom stereocenters. The van der Waals surface area contributed by atoms with E-state index >= 15 is 0 Å². The number of sulfone groups is 1. The molecule has 0 aliphatic carbocycles. The van der Waals surface area contributed by atoms with Crippen molar-refractivity contribution in [3.8, 4) is 0 Å². The average Bonchev–Trinajstić information content (AvgIpc) is 2.64. The minimum absolute atomic E-state index is 0.234. The second-order valence-electron chi connectivity index (χ2n) is 4.04. The molecule has 1 heterocycles. The van der Waals surface area contributed by atoms with Crippen molar-refractivity contribution in [1.82, 2.24) is 15.3 Å². The predicted molar refractivity (Wildman–Crippen MR) is 59.4 cm³/mol. The lowest BCUT2D eigenvalue weighted by Crippen LogP contribution is -2.47. The number of amides is 1. The van der Waals surface area contributed by atoms with E-state index < -0.39 is 20.5 Å². The van der Waals surface area contributed by atoms with E-state index in [1.54, 1.807) is 6.20 Å². The molecule has 1 amide bonds. The number of hydrogen-bond donors (Lipinski definition) is 2. The van der Waals surface area contributed by atoms with Crippen LogP contribution in [0, 0.1) is 0 Å². The molecule has 1 aromatic rings. The predicted octanol–water partition coefficient (Wildman–Crippen LogP) is -0.151. The first kappa shape index (κ1) is 12.7. The van der Waals surface area contributed by atoms with Crippen molar-refractivity contribution in [2.45, 2.75) is 25.1 Å². The summed E-state index contributed by atoms with van der Waals surface area (Å²) in [5.41, 5.74) is 0.720. The van der Waals surface area contributed by atoms with Gasteiger partial charge < -0.3 is 10.3 Å². The Morgan fingerprint density at radius 1 is 1.56 bits per heavy atom. The first-order valence-electron chi connectivity index (χ1n) is 4.70. The van der Waals surface area contributed by atoms with Gasteiger partial charge in [0.2, 0.25) is 5.91 Å². The van der Waals surface area contributed by atoms with Gasteiger partial charge in [-0.3, -0.25) is 4.79 Å². The third kappa shape index (κ3) is 2.60. The van der Waals surface area contributed by atoms with Crippen molar-refractivity contribution in [2.24, 2.45) is 0 Å². The quantitative estimate of drug-likeness (QED) is 0.771. The van der Waals surface area contributed by atoms with Crippen molar-refractivity contribution in [3.63, 3.8) is 0 Å². The molecule has 7 heteroatoms. The van der Waals surface area contributed by atoms with Gasteiger partial charge in [-0.05, 0) is 13.8 Å². The van der Waals surface area contributed by atoms with Gasteiger partial charge in [0.1, 0.15) is 4.75 Å². The Morgan fingerprint density at radius 3 is 2.62 bits per heavy atom. The molecule has 0 unspecified atom stereocenters. The van der Waals surface area contributed by atoms with Gasteiger partial charge >= 0.3 is 0 Å². The van der Waals surface area contributed by atoms with Crippen LogP contribution in [0.1, 0.15) is 19.5 Å². The molecule has 0 bridgehead atoms. The van der Waals surface area contributed by atoms with Gasteiger partial charge in [-0.2, -0.15) is 0 Å². The average molecular weight is 245 g/mol. The Labute approximate surface area is 94.4 Å². The molecule has 0 aromatic carbocycles. The van der Waals surface area contributed by atoms with E-state index in [-0.39, 0.29) is 6.54 Å². The zero-order valence-corrected chi connectivity index (χ0v) is 10.3. The number of imidazole rings is 1. The van der Waals surface area contributed by atoms with E-state index in [9.17, 15) is 13.2 Å². The second-order valence-corrected chi connectivity index (χ2v) is 6.61. The number of carbonyl (C=O) groups excluding carboxylic acids is 1. The summed E-state index contributed by atoms with van der Waals surface area (Å²) < 4.78 is 21.3. The van der Waals surface area contributed by atoms with Crippen molar-refractivity contribution >= 4 is 15.7 Å². The summed E-state index contributed by atoms with van der Waals surface area (Å²) >= 11 is 0. The summed E-state index contributed by atoms with van der Waals surface area (Å²) in [6, 6.07) is 0. The van der Waals surface area contributed by atoms with Gasteiger partial charge in [-0.25, -0.2) is 13.4 Å². The normalized spacial score (nSPS) is 12.4.